The summed E-state index contributed by atoms with van der Waals surface area (Å²) < 4.78 is 0. The maximum Gasteiger partial charge on any atom is 0.326 e. The summed E-state index contributed by atoms with van der Waals surface area (Å²) in [6.45, 7) is 5.59. The Bertz CT molecular complexity index is 805. The van der Waals surface area contributed by atoms with E-state index in [-0.39, 0.29) is 0 Å². The fraction of sp³-hybridized carbons (Fsp3) is 0.0556. The molecule has 2 N–H and O–H groups in total. The van der Waals surface area contributed by atoms with Crippen LogP contribution >= 0.6 is 0 Å². The highest BCUT2D eigenvalue weighted by Crippen LogP contribution is 2.24. The van der Waals surface area contributed by atoms with E-state index in [0.717, 1.165) is 0 Å². The summed E-state index contributed by atoms with van der Waals surface area (Å²) in [6.07, 6.45) is 0. The summed E-state index contributed by atoms with van der Waals surface area (Å²) >= 11 is 0. The van der Waals surface area contributed by atoms with Crippen LogP contribution in [0.2, 0.25) is 0 Å². The molecule has 3 amide bonds. The van der Waals surface area contributed by atoms with Crippen LogP contribution in [0.25, 0.3) is 5.57 Å². The summed E-state index contributed by atoms with van der Waals surface area (Å²) in [6, 6.07) is 14.8. The van der Waals surface area contributed by atoms with Gasteiger partial charge in [-0.1, -0.05) is 36.9 Å². The second-order valence-electron chi connectivity index (χ2n) is 4.89. The van der Waals surface area contributed by atoms with Gasteiger partial charge in [-0.25, -0.2) is 4.79 Å². The van der Waals surface area contributed by atoms with Gasteiger partial charge in [-0.15, -0.1) is 0 Å². The van der Waals surface area contributed by atoms with Gasteiger partial charge in [0.25, 0.3) is 5.91 Å². The zero-order valence-corrected chi connectivity index (χ0v) is 12.6. The predicted octanol–water partition coefficient (Wildman–Crippen LogP) is 3.55. The summed E-state index contributed by atoms with van der Waals surface area (Å²) in [5.74, 6) is -0.516. The molecule has 0 spiro atoms. The molecule has 0 saturated carbocycles. The van der Waals surface area contributed by atoms with E-state index >= 15 is 0 Å². The molecule has 2 aromatic rings. The van der Waals surface area contributed by atoms with Crippen LogP contribution in [0.5, 0.6) is 0 Å². The van der Waals surface area contributed by atoms with Crippen molar-refractivity contribution < 1.29 is 9.59 Å². The van der Waals surface area contributed by atoms with Gasteiger partial charge in [0.1, 0.15) is 6.07 Å². The van der Waals surface area contributed by atoms with Gasteiger partial charge >= 0.3 is 6.03 Å². The van der Waals surface area contributed by atoms with Gasteiger partial charge in [-0.05, 0) is 36.3 Å². The van der Waals surface area contributed by atoms with E-state index in [9.17, 15) is 14.9 Å². The van der Waals surface area contributed by atoms with Crippen molar-refractivity contribution in [1.82, 2.24) is 5.32 Å². The zero-order chi connectivity index (χ0) is 16.8. The smallest absolute Gasteiger partial charge is 0.306 e. The Morgan fingerprint density at radius 3 is 2.39 bits per heavy atom. The summed E-state index contributed by atoms with van der Waals surface area (Å²) in [4.78, 5) is 23.9. The molecule has 5 nitrogen and oxygen atoms in total. The number of nitrogens with one attached hydrogen (secondary N) is 2. The van der Waals surface area contributed by atoms with Gasteiger partial charge in [0.15, 0.2) is 0 Å². The quantitative estimate of drug-likeness (QED) is 0.909. The molecule has 0 aliphatic rings. The molecule has 0 atom stereocenters. The van der Waals surface area contributed by atoms with Crippen LogP contribution in [0.1, 0.15) is 28.4 Å². The topological polar surface area (TPSA) is 82.0 Å². The lowest BCUT2D eigenvalue weighted by Gasteiger charge is -2.11. The molecule has 0 unspecified atom stereocenters. The molecule has 0 fully saturated rings. The normalized spacial score (nSPS) is 9.57. The maximum atomic E-state index is 12.0. The van der Waals surface area contributed by atoms with Gasteiger partial charge < -0.3 is 5.32 Å². The minimum Gasteiger partial charge on any atom is -0.306 e. The van der Waals surface area contributed by atoms with Crippen LogP contribution < -0.4 is 10.6 Å². The Morgan fingerprint density at radius 2 is 1.78 bits per heavy atom. The van der Waals surface area contributed by atoms with Crippen molar-refractivity contribution in [3.63, 3.8) is 0 Å². The molecular weight excluding hydrogens is 290 g/mol. The van der Waals surface area contributed by atoms with Crippen LogP contribution in [0.3, 0.4) is 0 Å². The number of hydrogen-bond acceptors (Lipinski definition) is 3. The first-order chi connectivity index (χ1) is 11.0. The Hall–Kier alpha value is -3.39. The third-order valence-corrected chi connectivity index (χ3v) is 3.15. The minimum absolute atomic E-state index is 0.308. The summed E-state index contributed by atoms with van der Waals surface area (Å²) in [5.41, 5.74) is 2.37. The van der Waals surface area contributed by atoms with Crippen LogP contribution in [0, 0.1) is 11.3 Å². The van der Waals surface area contributed by atoms with Crippen molar-refractivity contribution in [1.29, 1.82) is 5.26 Å². The van der Waals surface area contributed by atoms with Gasteiger partial charge in [0.2, 0.25) is 0 Å². The molecule has 0 heterocycles. The Kier molecular flexibility index (Phi) is 4.90. The highest BCUT2D eigenvalue weighted by Gasteiger charge is 2.13. The van der Waals surface area contributed by atoms with E-state index in [2.05, 4.69) is 17.2 Å². The number of allylic oxidation sites excluding steroid dienone is 1. The lowest BCUT2D eigenvalue weighted by Crippen LogP contribution is -2.34. The number of hydrogen-bond donors (Lipinski definition) is 2. The average Bonchev–Trinajstić information content (AvgIpc) is 2.55. The number of imide groups is 1. The molecule has 5 heteroatoms. The molecule has 2 aromatic carbocycles. The number of nitrogens with zero attached hydrogens (tertiary/aromatic N) is 1. The number of amides is 3. The van der Waals surface area contributed by atoms with Gasteiger partial charge in [-0.3, -0.25) is 10.1 Å². The summed E-state index contributed by atoms with van der Waals surface area (Å²) in [5, 5.41) is 14.0. The molecule has 0 aliphatic carbocycles. The molecule has 2 rings (SSSR count). The Morgan fingerprint density at radius 1 is 1.09 bits per heavy atom. The molecule has 0 aliphatic heterocycles. The number of carbonyl (C=O) groups is 2. The first-order valence-corrected chi connectivity index (χ1v) is 6.89. The monoisotopic (exact) mass is 305 g/mol. The largest absolute Gasteiger partial charge is 0.326 e. The van der Waals surface area contributed by atoms with E-state index in [4.69, 9.17) is 0 Å². The minimum atomic E-state index is -0.700. The standard InChI is InChI=1S/C18H15N3O2/c1-12(2)14-9-6-10-16(15(14)11-19)20-18(23)21-17(22)13-7-4-3-5-8-13/h3-10H,1H2,2H3,(H2,20,21,22,23). The van der Waals surface area contributed by atoms with Crippen LogP contribution in [-0.2, 0) is 0 Å². The van der Waals surface area contributed by atoms with Crippen LogP contribution in [0.15, 0.2) is 55.1 Å². The molecule has 0 radical (unpaired) electrons. The number of urea groups is 1. The molecule has 23 heavy (non-hydrogen) atoms. The van der Waals surface area contributed by atoms with Gasteiger partial charge in [0, 0.05) is 5.56 Å². The zero-order valence-electron chi connectivity index (χ0n) is 12.6. The molecule has 114 valence electrons. The number of rotatable bonds is 3. The predicted molar refractivity (Wildman–Crippen MR) is 88.8 cm³/mol. The average molecular weight is 305 g/mol. The first-order valence-electron chi connectivity index (χ1n) is 6.89. The fourth-order valence-electron chi connectivity index (χ4n) is 2.05. The number of anilines is 1. The highest BCUT2D eigenvalue weighted by molar-refractivity contribution is 6.08. The van der Waals surface area contributed by atoms with E-state index in [1.807, 2.05) is 6.07 Å². The van der Waals surface area contributed by atoms with Crippen molar-refractivity contribution in [2.24, 2.45) is 0 Å². The second-order valence-corrected chi connectivity index (χ2v) is 4.89. The van der Waals surface area contributed by atoms with E-state index in [1.54, 1.807) is 55.5 Å². The number of nitriles is 1. The Labute approximate surface area is 134 Å². The SMILES string of the molecule is C=C(C)c1cccc(NC(=O)NC(=O)c2ccccc2)c1C#N. The van der Waals surface area contributed by atoms with E-state index in [0.29, 0.717) is 28.0 Å². The Balaban J connectivity index is 2.15. The fourth-order valence-corrected chi connectivity index (χ4v) is 2.05. The van der Waals surface area contributed by atoms with E-state index in [1.165, 1.54) is 0 Å². The molecular formula is C18H15N3O2. The molecule has 0 bridgehead atoms. The highest BCUT2D eigenvalue weighted by atomic mass is 16.2. The van der Waals surface area contributed by atoms with Gasteiger partial charge in [-0.2, -0.15) is 5.26 Å². The number of benzene rings is 2. The molecule has 0 aromatic heterocycles. The van der Waals surface area contributed by atoms with Crippen LogP contribution in [-0.4, -0.2) is 11.9 Å². The lowest BCUT2D eigenvalue weighted by atomic mass is 10.0. The first kappa shape index (κ1) is 16.0. The van der Waals surface area contributed by atoms with Crippen LogP contribution in [0.4, 0.5) is 10.5 Å². The van der Waals surface area contributed by atoms with Gasteiger partial charge in [0.05, 0.1) is 11.3 Å². The van der Waals surface area contributed by atoms with Crippen molar-refractivity contribution in [3.8, 4) is 6.07 Å². The second kappa shape index (κ2) is 7.05. The number of carbonyl (C=O) groups excluding carboxylic acids is 2. The van der Waals surface area contributed by atoms with E-state index < -0.39 is 11.9 Å². The third kappa shape index (κ3) is 3.83. The van der Waals surface area contributed by atoms with Crippen molar-refractivity contribution in [2.75, 3.05) is 5.32 Å². The van der Waals surface area contributed by atoms with Crippen molar-refractivity contribution in [3.05, 3.63) is 71.8 Å². The lowest BCUT2D eigenvalue weighted by molar-refractivity contribution is 0.0967. The molecule has 0 saturated heterocycles. The van der Waals surface area contributed by atoms with Crippen molar-refractivity contribution >= 4 is 23.2 Å². The summed E-state index contributed by atoms with van der Waals surface area (Å²) in [7, 11) is 0. The van der Waals surface area contributed by atoms with Crippen molar-refractivity contribution in [2.45, 2.75) is 6.92 Å². The maximum absolute atomic E-state index is 12.0. The third-order valence-electron chi connectivity index (χ3n) is 3.15.